The summed E-state index contributed by atoms with van der Waals surface area (Å²) in [7, 11) is 0. The van der Waals surface area contributed by atoms with Crippen LogP contribution in [0, 0.1) is 34.6 Å². The maximum atomic E-state index is 2.34. The maximum absolute atomic E-state index is 2.34. The van der Waals surface area contributed by atoms with Crippen molar-refractivity contribution in [2.24, 2.45) is 0 Å². The van der Waals surface area contributed by atoms with E-state index in [-0.39, 0.29) is 0 Å². The van der Waals surface area contributed by atoms with Crippen molar-refractivity contribution in [1.29, 1.82) is 0 Å². The zero-order chi connectivity index (χ0) is 37.4. The summed E-state index contributed by atoms with van der Waals surface area (Å²) >= 11 is 0. The van der Waals surface area contributed by atoms with Gasteiger partial charge < -0.3 is 9.80 Å². The van der Waals surface area contributed by atoms with Crippen LogP contribution in [0.3, 0.4) is 0 Å². The zero-order valence-electron chi connectivity index (χ0n) is 32.0. The highest BCUT2D eigenvalue weighted by Gasteiger charge is 2.15. The Hall–Kier alpha value is -6.38. The number of anilines is 5. The smallest absolute Gasteiger partial charge is 0.0464 e. The molecule has 0 radical (unpaired) electrons. The minimum Gasteiger partial charge on any atom is -0.311 e. The van der Waals surface area contributed by atoms with Crippen molar-refractivity contribution in [3.8, 4) is 0 Å². The van der Waals surface area contributed by atoms with E-state index in [1.165, 1.54) is 50.2 Å². The van der Waals surface area contributed by atoms with Crippen LogP contribution in [-0.4, -0.2) is 0 Å². The van der Waals surface area contributed by atoms with Gasteiger partial charge in [0.05, 0.1) is 0 Å². The topological polar surface area (TPSA) is 6.48 Å². The number of allylic oxidation sites excluding steroid dienone is 6. The molecule has 2 heteroatoms. The Kier molecular flexibility index (Phi) is 11.0. The molecule has 0 aliphatic heterocycles. The first kappa shape index (κ1) is 36.0. The second-order valence-corrected chi connectivity index (χ2v) is 14.3. The van der Waals surface area contributed by atoms with E-state index in [2.05, 4.69) is 233 Å². The lowest BCUT2D eigenvalue weighted by molar-refractivity contribution is 1.19. The summed E-state index contributed by atoms with van der Waals surface area (Å²) in [6.45, 7) is 10.7. The molecule has 0 aromatic heterocycles. The summed E-state index contributed by atoms with van der Waals surface area (Å²) < 4.78 is 0. The fraction of sp³-hybridized carbons (Fsp3) is 0.115. The van der Waals surface area contributed by atoms with E-state index >= 15 is 0 Å². The molecule has 54 heavy (non-hydrogen) atoms. The number of rotatable bonds is 10. The molecule has 0 heterocycles. The molecular weight excluding hydrogens is 653 g/mol. The lowest BCUT2D eigenvalue weighted by atomic mass is 10.1. The molecule has 0 amide bonds. The van der Waals surface area contributed by atoms with Crippen molar-refractivity contribution < 1.29 is 0 Å². The van der Waals surface area contributed by atoms with Crippen LogP contribution in [0.1, 0.15) is 50.9 Å². The predicted molar refractivity (Wildman–Crippen MR) is 234 cm³/mol. The molecule has 7 rings (SSSR count). The first-order chi connectivity index (χ1) is 26.3. The molecule has 6 aromatic carbocycles. The normalized spacial score (nSPS) is 12.8. The first-order valence-corrected chi connectivity index (χ1v) is 18.8. The van der Waals surface area contributed by atoms with Crippen LogP contribution in [-0.2, 0) is 0 Å². The lowest BCUT2D eigenvalue weighted by Gasteiger charge is -2.27. The maximum Gasteiger partial charge on any atom is 0.0464 e. The minimum atomic E-state index is 0.874. The van der Waals surface area contributed by atoms with Crippen molar-refractivity contribution in [3.05, 3.63) is 226 Å². The highest BCUT2D eigenvalue weighted by atomic mass is 15.1. The molecule has 0 atom stereocenters. The van der Waals surface area contributed by atoms with E-state index in [0.29, 0.717) is 0 Å². The minimum absolute atomic E-state index is 0.874. The Morgan fingerprint density at radius 3 is 1.28 bits per heavy atom. The largest absolute Gasteiger partial charge is 0.311 e. The highest BCUT2D eigenvalue weighted by molar-refractivity contribution is 5.78. The summed E-state index contributed by atoms with van der Waals surface area (Å²) in [5, 5.41) is 0. The molecule has 1 aliphatic carbocycles. The Balaban J connectivity index is 1.04. The summed E-state index contributed by atoms with van der Waals surface area (Å²) in [6.07, 6.45) is 18.7. The van der Waals surface area contributed by atoms with Crippen molar-refractivity contribution >= 4 is 46.7 Å². The Labute approximate surface area is 322 Å². The van der Waals surface area contributed by atoms with Crippen LogP contribution in [0.4, 0.5) is 28.4 Å². The van der Waals surface area contributed by atoms with Gasteiger partial charge in [-0.05, 0) is 147 Å². The van der Waals surface area contributed by atoms with E-state index in [9.17, 15) is 0 Å². The van der Waals surface area contributed by atoms with Gasteiger partial charge in [-0.25, -0.2) is 0 Å². The summed E-state index contributed by atoms with van der Waals surface area (Å²) in [5.41, 5.74) is 18.0. The van der Waals surface area contributed by atoms with Gasteiger partial charge in [-0.1, -0.05) is 132 Å². The number of benzene rings is 6. The van der Waals surface area contributed by atoms with E-state index in [1.54, 1.807) is 0 Å². The van der Waals surface area contributed by atoms with Gasteiger partial charge in [0, 0.05) is 34.1 Å². The van der Waals surface area contributed by atoms with E-state index < -0.39 is 0 Å². The van der Waals surface area contributed by atoms with Crippen LogP contribution in [0.5, 0.6) is 0 Å². The zero-order valence-corrected chi connectivity index (χ0v) is 32.0. The lowest BCUT2D eigenvalue weighted by Crippen LogP contribution is -2.15. The molecule has 0 spiro atoms. The molecule has 0 saturated heterocycles. The van der Waals surface area contributed by atoms with Crippen LogP contribution in [0.25, 0.3) is 18.2 Å². The molecule has 2 nitrogen and oxygen atoms in total. The van der Waals surface area contributed by atoms with Crippen molar-refractivity contribution in [2.75, 3.05) is 9.80 Å². The summed E-state index contributed by atoms with van der Waals surface area (Å²) in [5.74, 6) is 0. The Morgan fingerprint density at radius 2 is 0.796 bits per heavy atom. The standard InChI is InChI=1S/C52H48N2/c1-38-9-27-48(28-10-38)53(49-29-11-39(2)12-30-49)51-35-25-46(26-36-51)23-22-45-20-18-44(19-21-45)17-16-43-7-6-8-47(34-24-43)54(50-31-13-40(3)14-32-50)52-33-15-41(4)42(5)37-52/h6,8-37H,7H2,1-5H3/b17-16+,23-22+. The second kappa shape index (κ2) is 16.5. The Bertz CT molecular complexity index is 2300. The van der Waals surface area contributed by atoms with E-state index in [4.69, 9.17) is 0 Å². The fourth-order valence-electron chi connectivity index (χ4n) is 6.59. The molecular formula is C52H48N2. The van der Waals surface area contributed by atoms with Crippen molar-refractivity contribution in [2.45, 2.75) is 41.0 Å². The van der Waals surface area contributed by atoms with Gasteiger partial charge in [-0.2, -0.15) is 0 Å². The molecule has 0 unspecified atom stereocenters. The van der Waals surface area contributed by atoms with Crippen molar-refractivity contribution in [3.63, 3.8) is 0 Å². The molecule has 0 saturated carbocycles. The van der Waals surface area contributed by atoms with Gasteiger partial charge in [0.25, 0.3) is 0 Å². The molecule has 0 fully saturated rings. The monoisotopic (exact) mass is 700 g/mol. The van der Waals surface area contributed by atoms with Gasteiger partial charge in [0.2, 0.25) is 0 Å². The summed E-state index contributed by atoms with van der Waals surface area (Å²) in [4.78, 5) is 4.65. The molecule has 0 N–H and O–H groups in total. The van der Waals surface area contributed by atoms with Crippen LogP contribution >= 0.6 is 0 Å². The number of hydrogen-bond acceptors (Lipinski definition) is 2. The fourth-order valence-corrected chi connectivity index (χ4v) is 6.59. The first-order valence-electron chi connectivity index (χ1n) is 18.8. The molecule has 6 aromatic rings. The van der Waals surface area contributed by atoms with Gasteiger partial charge in [0.1, 0.15) is 0 Å². The average molecular weight is 701 g/mol. The van der Waals surface area contributed by atoms with Crippen LogP contribution in [0.15, 0.2) is 181 Å². The number of aryl methyl sites for hydroxylation is 5. The summed E-state index contributed by atoms with van der Waals surface area (Å²) in [6, 6.07) is 50.4. The second-order valence-electron chi connectivity index (χ2n) is 14.3. The van der Waals surface area contributed by atoms with Crippen molar-refractivity contribution in [1.82, 2.24) is 0 Å². The average Bonchev–Trinajstić information content (AvgIpc) is 3.43. The predicted octanol–water partition coefficient (Wildman–Crippen LogP) is 14.5. The molecule has 0 bridgehead atoms. The molecule has 266 valence electrons. The Morgan fingerprint density at radius 1 is 0.389 bits per heavy atom. The van der Waals surface area contributed by atoms with Crippen LogP contribution in [0.2, 0.25) is 0 Å². The van der Waals surface area contributed by atoms with Gasteiger partial charge in [0.15, 0.2) is 0 Å². The third kappa shape index (κ3) is 8.80. The quantitative estimate of drug-likeness (QED) is 0.131. The highest BCUT2D eigenvalue weighted by Crippen LogP contribution is 2.36. The third-order valence-electron chi connectivity index (χ3n) is 10.0. The van der Waals surface area contributed by atoms with Crippen LogP contribution < -0.4 is 9.80 Å². The SMILES string of the molecule is Cc1ccc(N(C2=CC=C(/C=C/c3ccc(/C=C/c4ccc(N(c5ccc(C)cc5)c5ccc(C)cc5)cc4)cc3)CC=C2)c2ccc(C)c(C)c2)cc1. The van der Waals surface area contributed by atoms with Gasteiger partial charge in [-0.3, -0.25) is 0 Å². The van der Waals surface area contributed by atoms with E-state index in [1.807, 2.05) is 0 Å². The number of nitrogens with zero attached hydrogens (tertiary/aromatic N) is 2. The van der Waals surface area contributed by atoms with Gasteiger partial charge >= 0.3 is 0 Å². The number of hydrogen-bond donors (Lipinski definition) is 0. The van der Waals surface area contributed by atoms with Gasteiger partial charge in [-0.15, -0.1) is 0 Å². The molecule has 1 aliphatic rings. The van der Waals surface area contributed by atoms with E-state index in [0.717, 1.165) is 40.4 Å². The third-order valence-corrected chi connectivity index (χ3v) is 10.0.